The molecule has 1 aromatic carbocycles. The first-order valence-electron chi connectivity index (χ1n) is 6.85. The van der Waals surface area contributed by atoms with Crippen molar-refractivity contribution in [2.75, 3.05) is 18.5 Å². The Morgan fingerprint density at radius 3 is 2.53 bits per heavy atom. The van der Waals surface area contributed by atoms with Gasteiger partial charge in [0.25, 0.3) is 0 Å². The van der Waals surface area contributed by atoms with E-state index in [-0.39, 0.29) is 0 Å². The Bertz CT molecular complexity index is 314. The smallest absolute Gasteiger partial charge is 0.119 e. The van der Waals surface area contributed by atoms with Gasteiger partial charge in [0, 0.05) is 12.2 Å². The van der Waals surface area contributed by atoms with E-state index < -0.39 is 0 Å². The lowest BCUT2D eigenvalue weighted by atomic mass is 10.1. The summed E-state index contributed by atoms with van der Waals surface area (Å²) in [5.74, 6) is 1.85. The molecule has 2 rings (SSSR count). The van der Waals surface area contributed by atoms with E-state index in [1.807, 2.05) is 12.1 Å². The number of anilines is 1. The third kappa shape index (κ3) is 3.95. The zero-order chi connectivity index (χ0) is 11.9. The minimum atomic E-state index is 0.800. The largest absolute Gasteiger partial charge is 0.494 e. The Labute approximate surface area is 104 Å². The lowest BCUT2D eigenvalue weighted by Crippen LogP contribution is -2.10. The Hall–Kier alpha value is -1.18. The molecule has 0 radical (unpaired) electrons. The highest BCUT2D eigenvalue weighted by atomic mass is 16.5. The minimum absolute atomic E-state index is 0.800. The predicted octanol–water partition coefficient (Wildman–Crippen LogP) is 4.08. The maximum Gasteiger partial charge on any atom is 0.119 e. The van der Waals surface area contributed by atoms with E-state index >= 15 is 0 Å². The van der Waals surface area contributed by atoms with Gasteiger partial charge in [0.05, 0.1) is 6.61 Å². The average molecular weight is 233 g/mol. The maximum atomic E-state index is 5.56. The molecule has 2 heteroatoms. The van der Waals surface area contributed by atoms with Crippen molar-refractivity contribution in [2.45, 2.75) is 39.0 Å². The highest BCUT2D eigenvalue weighted by Crippen LogP contribution is 2.25. The van der Waals surface area contributed by atoms with Crippen LogP contribution in [-0.2, 0) is 0 Å². The molecule has 1 fully saturated rings. The Kier molecular flexibility index (Phi) is 4.72. The van der Waals surface area contributed by atoms with Gasteiger partial charge in [-0.05, 0) is 49.4 Å². The first kappa shape index (κ1) is 12.3. The molecular formula is C15H23NO. The fourth-order valence-electron chi connectivity index (χ4n) is 2.37. The monoisotopic (exact) mass is 233 g/mol. The van der Waals surface area contributed by atoms with E-state index in [2.05, 4.69) is 24.4 Å². The average Bonchev–Trinajstić information content (AvgIpc) is 2.88. The molecule has 0 saturated heterocycles. The van der Waals surface area contributed by atoms with Crippen molar-refractivity contribution in [3.05, 3.63) is 24.3 Å². The van der Waals surface area contributed by atoms with Gasteiger partial charge in [-0.25, -0.2) is 0 Å². The van der Waals surface area contributed by atoms with Crippen LogP contribution in [0.2, 0.25) is 0 Å². The van der Waals surface area contributed by atoms with E-state index in [0.29, 0.717) is 0 Å². The summed E-state index contributed by atoms with van der Waals surface area (Å²) >= 11 is 0. The Morgan fingerprint density at radius 2 is 1.88 bits per heavy atom. The van der Waals surface area contributed by atoms with Crippen LogP contribution in [-0.4, -0.2) is 13.2 Å². The van der Waals surface area contributed by atoms with Crippen LogP contribution in [0, 0.1) is 5.92 Å². The molecule has 0 atom stereocenters. The number of nitrogens with one attached hydrogen (secondary N) is 1. The van der Waals surface area contributed by atoms with Crippen molar-refractivity contribution in [1.82, 2.24) is 0 Å². The van der Waals surface area contributed by atoms with Gasteiger partial charge in [-0.2, -0.15) is 0 Å². The SMILES string of the molecule is CCCOc1ccc(NCC2CCCC2)cc1. The molecule has 0 unspecified atom stereocenters. The van der Waals surface area contributed by atoms with Crippen LogP contribution in [0.1, 0.15) is 39.0 Å². The Morgan fingerprint density at radius 1 is 1.18 bits per heavy atom. The highest BCUT2D eigenvalue weighted by molar-refractivity contribution is 5.46. The quantitative estimate of drug-likeness (QED) is 0.799. The first-order valence-corrected chi connectivity index (χ1v) is 6.85. The van der Waals surface area contributed by atoms with E-state index in [9.17, 15) is 0 Å². The lowest BCUT2D eigenvalue weighted by Gasteiger charge is -2.12. The topological polar surface area (TPSA) is 21.3 Å². The second kappa shape index (κ2) is 6.53. The number of ether oxygens (including phenoxy) is 1. The standard InChI is InChI=1S/C15H23NO/c1-2-11-17-15-9-7-14(8-10-15)16-12-13-5-3-4-6-13/h7-10,13,16H,2-6,11-12H2,1H3. The van der Waals surface area contributed by atoms with Crippen molar-refractivity contribution in [3.63, 3.8) is 0 Å². The van der Waals surface area contributed by atoms with Gasteiger partial charge in [-0.3, -0.25) is 0 Å². The van der Waals surface area contributed by atoms with Crippen LogP contribution >= 0.6 is 0 Å². The molecule has 0 aromatic heterocycles. The van der Waals surface area contributed by atoms with E-state index in [4.69, 9.17) is 4.74 Å². The molecule has 94 valence electrons. The first-order chi connectivity index (χ1) is 8.38. The second-order valence-corrected chi connectivity index (χ2v) is 4.90. The van der Waals surface area contributed by atoms with Crippen LogP contribution in [0.3, 0.4) is 0 Å². The number of benzene rings is 1. The molecule has 2 nitrogen and oxygen atoms in total. The summed E-state index contributed by atoms with van der Waals surface area (Å²) in [6.45, 7) is 4.04. The molecule has 1 aliphatic carbocycles. The summed E-state index contributed by atoms with van der Waals surface area (Å²) in [5, 5.41) is 3.51. The van der Waals surface area contributed by atoms with Crippen molar-refractivity contribution < 1.29 is 4.74 Å². The lowest BCUT2D eigenvalue weighted by molar-refractivity contribution is 0.317. The molecule has 1 N–H and O–H groups in total. The zero-order valence-corrected chi connectivity index (χ0v) is 10.7. The minimum Gasteiger partial charge on any atom is -0.494 e. The van der Waals surface area contributed by atoms with Crippen LogP contribution in [0.4, 0.5) is 5.69 Å². The van der Waals surface area contributed by atoms with E-state index in [1.54, 1.807) is 0 Å². The molecule has 1 saturated carbocycles. The second-order valence-electron chi connectivity index (χ2n) is 4.90. The van der Waals surface area contributed by atoms with Gasteiger partial charge in [-0.15, -0.1) is 0 Å². The van der Waals surface area contributed by atoms with Gasteiger partial charge in [0.15, 0.2) is 0 Å². The molecule has 0 bridgehead atoms. The molecular weight excluding hydrogens is 210 g/mol. The third-order valence-corrected chi connectivity index (χ3v) is 3.40. The van der Waals surface area contributed by atoms with Gasteiger partial charge >= 0.3 is 0 Å². The summed E-state index contributed by atoms with van der Waals surface area (Å²) in [7, 11) is 0. The number of hydrogen-bond acceptors (Lipinski definition) is 2. The fourth-order valence-corrected chi connectivity index (χ4v) is 2.37. The summed E-state index contributed by atoms with van der Waals surface area (Å²) in [6.07, 6.45) is 6.67. The van der Waals surface area contributed by atoms with E-state index in [0.717, 1.165) is 31.2 Å². The van der Waals surface area contributed by atoms with Crippen molar-refractivity contribution in [1.29, 1.82) is 0 Å². The van der Waals surface area contributed by atoms with Crippen LogP contribution in [0.5, 0.6) is 5.75 Å². The summed E-state index contributed by atoms with van der Waals surface area (Å²) in [5.41, 5.74) is 1.21. The molecule has 0 heterocycles. The van der Waals surface area contributed by atoms with Gasteiger partial charge in [-0.1, -0.05) is 19.8 Å². The van der Waals surface area contributed by atoms with Gasteiger partial charge in [0.2, 0.25) is 0 Å². The predicted molar refractivity (Wildman–Crippen MR) is 72.7 cm³/mol. The normalized spacial score (nSPS) is 16.1. The summed E-state index contributed by atoms with van der Waals surface area (Å²) < 4.78 is 5.56. The fraction of sp³-hybridized carbons (Fsp3) is 0.600. The Balaban J connectivity index is 1.76. The van der Waals surface area contributed by atoms with Crippen molar-refractivity contribution in [3.8, 4) is 5.75 Å². The number of rotatable bonds is 6. The van der Waals surface area contributed by atoms with Gasteiger partial charge in [0.1, 0.15) is 5.75 Å². The summed E-state index contributed by atoms with van der Waals surface area (Å²) in [6, 6.07) is 8.32. The third-order valence-electron chi connectivity index (χ3n) is 3.40. The maximum absolute atomic E-state index is 5.56. The molecule has 1 aliphatic rings. The number of hydrogen-bond donors (Lipinski definition) is 1. The molecule has 0 aliphatic heterocycles. The highest BCUT2D eigenvalue weighted by Gasteiger charge is 2.14. The van der Waals surface area contributed by atoms with Crippen molar-refractivity contribution >= 4 is 5.69 Å². The molecule has 1 aromatic rings. The molecule has 17 heavy (non-hydrogen) atoms. The van der Waals surface area contributed by atoms with Crippen LogP contribution in [0.25, 0.3) is 0 Å². The molecule has 0 spiro atoms. The van der Waals surface area contributed by atoms with E-state index in [1.165, 1.54) is 31.4 Å². The zero-order valence-electron chi connectivity index (χ0n) is 10.7. The van der Waals surface area contributed by atoms with Gasteiger partial charge < -0.3 is 10.1 Å². The summed E-state index contributed by atoms with van der Waals surface area (Å²) in [4.78, 5) is 0. The molecule has 0 amide bonds. The van der Waals surface area contributed by atoms with Crippen LogP contribution in [0.15, 0.2) is 24.3 Å². The van der Waals surface area contributed by atoms with Crippen molar-refractivity contribution in [2.24, 2.45) is 5.92 Å². The van der Waals surface area contributed by atoms with Crippen LogP contribution < -0.4 is 10.1 Å².